The minimum absolute atomic E-state index is 0.262. The summed E-state index contributed by atoms with van der Waals surface area (Å²) in [5.41, 5.74) is 1.07. The summed E-state index contributed by atoms with van der Waals surface area (Å²) in [6, 6.07) is 9.76. The molecule has 0 aromatic heterocycles. The fraction of sp³-hybridized carbons (Fsp3) is 0.0909. The van der Waals surface area contributed by atoms with Gasteiger partial charge in [-0.3, -0.25) is 4.79 Å². The number of rotatable bonds is 3. The fourth-order valence-electron chi connectivity index (χ4n) is 0.914. The Morgan fingerprint density at radius 2 is 2.08 bits per heavy atom. The molecular weight excluding hydrogens is 164 g/mol. The van der Waals surface area contributed by atoms with Gasteiger partial charge in [0.2, 0.25) is 0 Å². The summed E-state index contributed by atoms with van der Waals surface area (Å²) in [6.07, 6.45) is 3.89. The van der Waals surface area contributed by atoms with Crippen LogP contribution in [0.1, 0.15) is 12.0 Å². The zero-order valence-electron chi connectivity index (χ0n) is 7.27. The second-order valence-corrected chi connectivity index (χ2v) is 2.53. The van der Waals surface area contributed by atoms with E-state index in [2.05, 4.69) is 11.8 Å². The first-order valence-corrected chi connectivity index (χ1v) is 3.99. The summed E-state index contributed by atoms with van der Waals surface area (Å²) >= 11 is 0. The summed E-state index contributed by atoms with van der Waals surface area (Å²) in [5.74, 6) is -0.327. The molecule has 0 saturated carbocycles. The van der Waals surface area contributed by atoms with Crippen molar-refractivity contribution in [3.8, 4) is 0 Å². The van der Waals surface area contributed by atoms with Crippen molar-refractivity contribution in [2.24, 2.45) is 0 Å². The monoisotopic (exact) mass is 175 g/mol. The normalized spacial score (nSPS) is 10.2. The number of hydrogen-bond acceptors (Lipinski definition) is 2. The van der Waals surface area contributed by atoms with E-state index in [4.69, 9.17) is 0 Å². The van der Waals surface area contributed by atoms with Crippen LogP contribution in [0.4, 0.5) is 0 Å². The van der Waals surface area contributed by atoms with E-state index in [1.165, 1.54) is 0 Å². The number of carbonyl (C=O) groups excluding carboxylic acids is 1. The van der Waals surface area contributed by atoms with Crippen molar-refractivity contribution in [2.45, 2.75) is 6.42 Å². The molecule has 0 N–H and O–H groups in total. The molecule has 0 amide bonds. The summed E-state index contributed by atoms with van der Waals surface area (Å²) in [4.78, 5) is 10.7. The quantitative estimate of drug-likeness (QED) is 0.659. The van der Waals surface area contributed by atoms with E-state index in [0.717, 1.165) is 5.56 Å². The Kier molecular flexibility index (Phi) is 3.76. The van der Waals surface area contributed by atoms with E-state index in [1.807, 2.05) is 36.4 Å². The molecule has 2 nitrogen and oxygen atoms in total. The van der Waals surface area contributed by atoms with Crippen molar-refractivity contribution in [2.75, 3.05) is 0 Å². The van der Waals surface area contributed by atoms with Gasteiger partial charge in [0.15, 0.2) is 0 Å². The van der Waals surface area contributed by atoms with Gasteiger partial charge in [0, 0.05) is 0 Å². The molecule has 0 aliphatic heterocycles. The first-order valence-electron chi connectivity index (χ1n) is 3.99. The Bertz CT molecular complexity index is 288. The lowest BCUT2D eigenvalue weighted by Crippen LogP contribution is -1.94. The highest BCUT2D eigenvalue weighted by Gasteiger charge is 1.93. The summed E-state index contributed by atoms with van der Waals surface area (Å²) in [7, 11) is 3.03. The van der Waals surface area contributed by atoms with Crippen LogP contribution in [0.3, 0.4) is 0 Å². The summed E-state index contributed by atoms with van der Waals surface area (Å²) < 4.78 is 4.25. The Labute approximate surface area is 77.8 Å². The van der Waals surface area contributed by atoms with E-state index in [9.17, 15) is 4.79 Å². The lowest BCUT2D eigenvalue weighted by Gasteiger charge is -1.92. The predicted octanol–water partition coefficient (Wildman–Crippen LogP) is 2.42. The maximum absolute atomic E-state index is 10.7. The summed E-state index contributed by atoms with van der Waals surface area (Å²) in [5, 5.41) is 0. The van der Waals surface area contributed by atoms with Gasteiger partial charge in [-0.1, -0.05) is 42.5 Å². The molecule has 0 atom stereocenters. The lowest BCUT2D eigenvalue weighted by atomic mass is 10.2. The Hall–Kier alpha value is -1.57. The highest BCUT2D eigenvalue weighted by atomic mass is 16.5. The molecule has 1 aromatic rings. The van der Waals surface area contributed by atoms with Crippen LogP contribution < -0.4 is 0 Å². The molecule has 0 bridgehead atoms. The molecule has 0 aliphatic rings. The molecule has 67 valence electrons. The fourth-order valence-corrected chi connectivity index (χ4v) is 0.914. The molecule has 0 fully saturated rings. The molecule has 0 aliphatic carbocycles. The number of carbonyl (C=O) groups is 1. The number of benzene rings is 1. The van der Waals surface area contributed by atoms with Gasteiger partial charge in [0.25, 0.3) is 0 Å². The second-order valence-electron chi connectivity index (χ2n) is 2.53. The van der Waals surface area contributed by atoms with Crippen molar-refractivity contribution in [3.05, 3.63) is 49.1 Å². The van der Waals surface area contributed by atoms with Crippen molar-refractivity contribution in [1.29, 1.82) is 0 Å². The molecular formula is C11H11O2. The van der Waals surface area contributed by atoms with Crippen LogP contribution in [0.15, 0.2) is 36.4 Å². The van der Waals surface area contributed by atoms with Crippen molar-refractivity contribution in [1.82, 2.24) is 0 Å². The third-order valence-corrected chi connectivity index (χ3v) is 1.56. The van der Waals surface area contributed by atoms with Gasteiger partial charge in [0.1, 0.15) is 7.11 Å². The maximum atomic E-state index is 10.7. The first kappa shape index (κ1) is 9.52. The first-order chi connectivity index (χ1) is 6.33. The van der Waals surface area contributed by atoms with Crippen LogP contribution in [0.2, 0.25) is 0 Å². The van der Waals surface area contributed by atoms with Gasteiger partial charge in [-0.05, 0) is 5.56 Å². The minimum atomic E-state index is -0.327. The Morgan fingerprint density at radius 1 is 1.38 bits per heavy atom. The largest absolute Gasteiger partial charge is 0.462 e. The van der Waals surface area contributed by atoms with E-state index < -0.39 is 0 Å². The van der Waals surface area contributed by atoms with Crippen molar-refractivity contribution >= 4 is 12.0 Å². The van der Waals surface area contributed by atoms with Crippen LogP contribution in [-0.4, -0.2) is 5.97 Å². The molecule has 0 saturated heterocycles. The van der Waals surface area contributed by atoms with Gasteiger partial charge in [-0.2, -0.15) is 0 Å². The van der Waals surface area contributed by atoms with Gasteiger partial charge in [-0.15, -0.1) is 0 Å². The lowest BCUT2D eigenvalue weighted by molar-refractivity contribution is -0.137. The van der Waals surface area contributed by atoms with Gasteiger partial charge in [-0.25, -0.2) is 0 Å². The molecule has 0 unspecified atom stereocenters. The molecule has 13 heavy (non-hydrogen) atoms. The topological polar surface area (TPSA) is 26.3 Å². The van der Waals surface area contributed by atoms with Crippen LogP contribution in [0.25, 0.3) is 6.08 Å². The minimum Gasteiger partial charge on any atom is -0.462 e. The average molecular weight is 175 g/mol. The Morgan fingerprint density at radius 3 is 2.69 bits per heavy atom. The molecule has 0 heterocycles. The Balaban J connectivity index is 2.45. The van der Waals surface area contributed by atoms with Gasteiger partial charge in [0.05, 0.1) is 6.42 Å². The summed E-state index contributed by atoms with van der Waals surface area (Å²) in [6.45, 7) is 0. The third kappa shape index (κ3) is 3.56. The van der Waals surface area contributed by atoms with Crippen LogP contribution in [-0.2, 0) is 9.53 Å². The smallest absolute Gasteiger partial charge is 0.309 e. The van der Waals surface area contributed by atoms with Gasteiger partial charge < -0.3 is 4.74 Å². The average Bonchev–Trinajstić information content (AvgIpc) is 2.19. The van der Waals surface area contributed by atoms with Crippen LogP contribution in [0.5, 0.6) is 0 Å². The zero-order chi connectivity index (χ0) is 9.52. The van der Waals surface area contributed by atoms with E-state index >= 15 is 0 Å². The molecule has 1 aromatic carbocycles. The molecule has 0 spiro atoms. The molecule has 2 heteroatoms. The molecule has 1 rings (SSSR count). The predicted molar refractivity (Wildman–Crippen MR) is 51.5 cm³/mol. The zero-order valence-corrected chi connectivity index (χ0v) is 7.27. The number of esters is 1. The van der Waals surface area contributed by atoms with E-state index in [-0.39, 0.29) is 12.4 Å². The van der Waals surface area contributed by atoms with Crippen molar-refractivity contribution in [3.63, 3.8) is 0 Å². The third-order valence-electron chi connectivity index (χ3n) is 1.56. The molecule has 1 radical (unpaired) electrons. The van der Waals surface area contributed by atoms with E-state index in [1.54, 1.807) is 6.08 Å². The highest BCUT2D eigenvalue weighted by Crippen LogP contribution is 2.01. The number of hydrogen-bond donors (Lipinski definition) is 0. The highest BCUT2D eigenvalue weighted by molar-refractivity contribution is 5.72. The van der Waals surface area contributed by atoms with Crippen molar-refractivity contribution < 1.29 is 9.53 Å². The van der Waals surface area contributed by atoms with E-state index in [0.29, 0.717) is 0 Å². The standard InChI is InChI=1S/C11H11O2/c1-13-11(12)9-5-8-10-6-3-2-4-7-10/h2-8H,1,9H2/b8-5+. The van der Waals surface area contributed by atoms with Gasteiger partial charge >= 0.3 is 5.97 Å². The number of ether oxygens (including phenoxy) is 1. The van der Waals surface area contributed by atoms with Crippen LogP contribution >= 0.6 is 0 Å². The maximum Gasteiger partial charge on any atom is 0.309 e. The second kappa shape index (κ2) is 5.14. The SMILES string of the molecule is [CH2]OC(=O)C/C=C/c1ccccc1. The van der Waals surface area contributed by atoms with Crippen LogP contribution in [0, 0.1) is 7.11 Å².